The van der Waals surface area contributed by atoms with Crippen LogP contribution in [0.15, 0.2) is 42.6 Å². The monoisotopic (exact) mass is 400 g/mol. The predicted molar refractivity (Wildman–Crippen MR) is 98.0 cm³/mol. The van der Waals surface area contributed by atoms with Gasteiger partial charge in [0.05, 0.1) is 11.4 Å². The van der Waals surface area contributed by atoms with Crippen LogP contribution >= 0.6 is 12.4 Å². The Morgan fingerprint density at radius 2 is 1.81 bits per heavy atom. The Morgan fingerprint density at radius 1 is 1.07 bits per heavy atom. The number of alkyl halides is 3. The standard InChI is InChI=1S/C18H17F3N4.ClH.H2O/c19-18(20,21)17-24-13-7-9-23-16(13)15(25-17)12-6-8-22-14(10-12)11-4-2-1-3-5-11;;/h1-5,7,9,12,14,22H,6,8,10H2,(H,24,25);1H;1H2. The number of aromatic nitrogens is 3. The van der Waals surface area contributed by atoms with Gasteiger partial charge in [-0.2, -0.15) is 13.2 Å². The number of nitrogens with zero attached hydrogens (tertiary/aromatic N) is 2. The fourth-order valence-electron chi connectivity index (χ4n) is 3.49. The lowest BCUT2D eigenvalue weighted by atomic mass is 9.85. The number of fused-ring (bicyclic) bond motifs is 1. The molecule has 1 aromatic rings. The van der Waals surface area contributed by atoms with Gasteiger partial charge in [-0.1, -0.05) is 30.3 Å². The summed E-state index contributed by atoms with van der Waals surface area (Å²) >= 11 is 0. The molecule has 4 rings (SSSR count). The van der Waals surface area contributed by atoms with Crippen molar-refractivity contribution in [1.82, 2.24) is 20.3 Å². The van der Waals surface area contributed by atoms with Crippen LogP contribution in [-0.4, -0.2) is 27.0 Å². The Morgan fingerprint density at radius 3 is 2.52 bits per heavy atom. The summed E-state index contributed by atoms with van der Waals surface area (Å²) in [7, 11) is 0. The van der Waals surface area contributed by atoms with Gasteiger partial charge in [-0.15, -0.1) is 12.4 Å². The lowest BCUT2D eigenvalue weighted by Gasteiger charge is -2.31. The molecule has 0 spiro atoms. The van der Waals surface area contributed by atoms with Crippen molar-refractivity contribution in [3.63, 3.8) is 0 Å². The molecular formula is C18H20ClF3N4O. The predicted octanol–water partition coefficient (Wildman–Crippen LogP) is 3.73. The smallest absolute Gasteiger partial charge is 0.412 e. The first kappa shape index (κ1) is 21.1. The van der Waals surface area contributed by atoms with E-state index in [1.54, 1.807) is 6.07 Å². The second kappa shape index (κ2) is 8.24. The average Bonchev–Trinajstić information content (AvgIpc) is 3.10. The summed E-state index contributed by atoms with van der Waals surface area (Å²) in [6.45, 7) is 0.730. The van der Waals surface area contributed by atoms with E-state index in [1.165, 1.54) is 6.20 Å². The van der Waals surface area contributed by atoms with Crippen LogP contribution in [0.5, 0.6) is 0 Å². The number of hydrogen-bond donors (Lipinski definition) is 2. The molecule has 9 heteroatoms. The SMILES string of the molecule is Cl.FC(F)(F)c1nc(C2CCNC(c3ccccc3)C2)c2nccc-2[nH]1.O. The van der Waals surface area contributed by atoms with Crippen molar-refractivity contribution in [1.29, 1.82) is 0 Å². The molecule has 4 N–H and O–H groups in total. The summed E-state index contributed by atoms with van der Waals surface area (Å²) in [5.74, 6) is -1.03. The fraction of sp³-hybridized carbons (Fsp3) is 0.333. The first-order chi connectivity index (χ1) is 12.0. The molecular weight excluding hydrogens is 381 g/mol. The lowest BCUT2D eigenvalue weighted by molar-refractivity contribution is -0.145. The zero-order valence-corrected chi connectivity index (χ0v) is 15.1. The van der Waals surface area contributed by atoms with Crippen LogP contribution in [0.3, 0.4) is 0 Å². The molecule has 0 amide bonds. The van der Waals surface area contributed by atoms with Crippen LogP contribution < -0.4 is 5.32 Å². The van der Waals surface area contributed by atoms with E-state index >= 15 is 0 Å². The highest BCUT2D eigenvalue weighted by Crippen LogP contribution is 2.39. The normalized spacial score (nSPS) is 20.0. The van der Waals surface area contributed by atoms with Crippen LogP contribution in [0.25, 0.3) is 11.4 Å². The molecule has 146 valence electrons. The number of nitrogens with one attached hydrogen (secondary N) is 2. The summed E-state index contributed by atoms with van der Waals surface area (Å²) < 4.78 is 39.6. The van der Waals surface area contributed by atoms with Gasteiger partial charge in [-0.05, 0) is 31.0 Å². The third-order valence-electron chi connectivity index (χ3n) is 4.69. The largest absolute Gasteiger partial charge is 0.449 e. The maximum atomic E-state index is 13.2. The van der Waals surface area contributed by atoms with Gasteiger partial charge in [0.1, 0.15) is 5.69 Å². The maximum Gasteiger partial charge on any atom is 0.449 e. The molecule has 5 nitrogen and oxygen atoms in total. The Kier molecular flexibility index (Phi) is 6.46. The summed E-state index contributed by atoms with van der Waals surface area (Å²) in [5.41, 5.74) is 2.49. The topological polar surface area (TPSA) is 85.1 Å². The molecule has 0 aliphatic carbocycles. The fourth-order valence-corrected chi connectivity index (χ4v) is 3.49. The van der Waals surface area contributed by atoms with E-state index in [9.17, 15) is 13.2 Å². The molecule has 0 radical (unpaired) electrons. The molecule has 3 heterocycles. The van der Waals surface area contributed by atoms with Gasteiger partial charge >= 0.3 is 6.18 Å². The molecule has 1 saturated heterocycles. The van der Waals surface area contributed by atoms with E-state index in [2.05, 4.69) is 20.3 Å². The van der Waals surface area contributed by atoms with Crippen molar-refractivity contribution in [2.24, 2.45) is 0 Å². The van der Waals surface area contributed by atoms with Crippen molar-refractivity contribution in [3.8, 4) is 11.4 Å². The third kappa shape index (κ3) is 4.23. The van der Waals surface area contributed by atoms with Crippen LogP contribution in [0.4, 0.5) is 13.2 Å². The minimum Gasteiger partial charge on any atom is -0.412 e. The molecule has 0 saturated carbocycles. The second-order valence-corrected chi connectivity index (χ2v) is 6.31. The average molecular weight is 401 g/mol. The highest BCUT2D eigenvalue weighted by molar-refractivity contribution is 5.85. The van der Waals surface area contributed by atoms with Crippen LogP contribution in [-0.2, 0) is 6.18 Å². The van der Waals surface area contributed by atoms with Gasteiger partial charge in [0.2, 0.25) is 5.82 Å². The lowest BCUT2D eigenvalue weighted by Crippen LogP contribution is -2.32. The highest BCUT2D eigenvalue weighted by Gasteiger charge is 2.37. The van der Waals surface area contributed by atoms with Crippen molar-refractivity contribution >= 4 is 12.4 Å². The quantitative estimate of drug-likeness (QED) is 0.687. The molecule has 2 atom stereocenters. The van der Waals surface area contributed by atoms with E-state index < -0.39 is 12.0 Å². The zero-order valence-electron chi connectivity index (χ0n) is 14.3. The van der Waals surface area contributed by atoms with Gasteiger partial charge in [0.25, 0.3) is 0 Å². The second-order valence-electron chi connectivity index (χ2n) is 6.31. The number of hydrogen-bond acceptors (Lipinski definition) is 3. The number of piperidine rings is 1. The van der Waals surface area contributed by atoms with E-state index in [-0.39, 0.29) is 29.8 Å². The van der Waals surface area contributed by atoms with Gasteiger partial charge in [0.15, 0.2) is 0 Å². The van der Waals surface area contributed by atoms with E-state index in [4.69, 9.17) is 0 Å². The van der Waals surface area contributed by atoms with Crippen LogP contribution in [0.1, 0.15) is 41.9 Å². The summed E-state index contributed by atoms with van der Waals surface area (Å²) in [4.78, 5) is 10.5. The summed E-state index contributed by atoms with van der Waals surface area (Å²) in [6, 6.07) is 11.6. The Balaban J connectivity index is 0.00000131. The first-order valence-corrected chi connectivity index (χ1v) is 8.22. The minimum atomic E-state index is -4.51. The first-order valence-electron chi connectivity index (χ1n) is 8.22. The number of halogens is 4. The molecule has 0 bridgehead atoms. The molecule has 1 fully saturated rings. The third-order valence-corrected chi connectivity index (χ3v) is 4.69. The van der Waals surface area contributed by atoms with Crippen molar-refractivity contribution in [2.75, 3.05) is 6.54 Å². The minimum absolute atomic E-state index is 0. The molecule has 3 aliphatic rings. The van der Waals surface area contributed by atoms with Crippen molar-refractivity contribution in [2.45, 2.75) is 31.0 Å². The van der Waals surface area contributed by atoms with Crippen molar-refractivity contribution < 1.29 is 18.6 Å². The van der Waals surface area contributed by atoms with Gasteiger partial charge < -0.3 is 15.8 Å². The van der Waals surface area contributed by atoms with Gasteiger partial charge in [-0.25, -0.2) is 4.98 Å². The highest BCUT2D eigenvalue weighted by atomic mass is 35.5. The van der Waals surface area contributed by atoms with E-state index in [0.29, 0.717) is 23.5 Å². The zero-order chi connectivity index (χ0) is 17.4. The maximum absolute atomic E-state index is 13.2. The number of rotatable bonds is 2. The Hall–Kier alpha value is -2.16. The Labute approximate surface area is 160 Å². The Bertz CT molecular complexity index is 840. The number of H-pyrrole nitrogens is 1. The van der Waals surface area contributed by atoms with Crippen LogP contribution in [0, 0.1) is 0 Å². The molecule has 2 unspecified atom stereocenters. The number of benzene rings is 1. The molecule has 1 aromatic carbocycles. The van der Waals surface area contributed by atoms with E-state index in [1.807, 2.05) is 30.3 Å². The van der Waals surface area contributed by atoms with E-state index in [0.717, 1.165) is 18.5 Å². The van der Waals surface area contributed by atoms with Crippen molar-refractivity contribution in [3.05, 3.63) is 59.7 Å². The molecule has 0 aromatic heterocycles. The number of aromatic amines is 1. The van der Waals surface area contributed by atoms with Gasteiger partial charge in [0, 0.05) is 18.2 Å². The molecule has 3 aliphatic heterocycles. The van der Waals surface area contributed by atoms with Crippen LogP contribution in [0.2, 0.25) is 0 Å². The summed E-state index contributed by atoms with van der Waals surface area (Å²) in [6.07, 6.45) is -1.56. The van der Waals surface area contributed by atoms with Gasteiger partial charge in [-0.3, -0.25) is 4.98 Å². The molecule has 27 heavy (non-hydrogen) atoms. The summed E-state index contributed by atoms with van der Waals surface area (Å²) in [5, 5.41) is 3.44.